The molecule has 0 aliphatic rings. The smallest absolute Gasteiger partial charge is 0.338 e. The van der Waals surface area contributed by atoms with Crippen molar-refractivity contribution in [3.05, 3.63) is 35.4 Å². The molecule has 0 radical (unpaired) electrons. The molecule has 0 aliphatic heterocycles. The topological polar surface area (TPSA) is 46.5 Å². The van der Waals surface area contributed by atoms with Gasteiger partial charge in [-0.15, -0.1) is 0 Å². The normalized spacial score (nSPS) is 7.60. The van der Waals surface area contributed by atoms with Crippen LogP contribution in [0.2, 0.25) is 0 Å². The molecule has 1 N–H and O–H groups in total. The molecule has 3 nitrogen and oxygen atoms in total. The van der Waals surface area contributed by atoms with E-state index in [2.05, 4.69) is 4.74 Å². The Hall–Kier alpha value is -1.35. The van der Waals surface area contributed by atoms with Gasteiger partial charge in [-0.2, -0.15) is 0 Å². The Morgan fingerprint density at radius 3 is 2.07 bits per heavy atom. The number of methoxy groups -OCH3 is 1. The molecule has 0 saturated carbocycles. The molecule has 15 heavy (non-hydrogen) atoms. The van der Waals surface area contributed by atoms with E-state index >= 15 is 0 Å². The number of aliphatic hydroxyl groups excluding tert-OH is 1. The van der Waals surface area contributed by atoms with Crippen molar-refractivity contribution in [1.82, 2.24) is 0 Å². The molecule has 3 heteroatoms. The van der Waals surface area contributed by atoms with E-state index in [9.17, 15) is 4.79 Å². The van der Waals surface area contributed by atoms with Gasteiger partial charge < -0.3 is 9.84 Å². The Morgan fingerprint density at radius 1 is 1.20 bits per heavy atom. The van der Waals surface area contributed by atoms with Gasteiger partial charge in [0, 0.05) is 7.11 Å². The number of ether oxygens (including phenoxy) is 1. The van der Waals surface area contributed by atoms with Crippen LogP contribution in [-0.4, -0.2) is 25.3 Å². The molecule has 0 bridgehead atoms. The van der Waals surface area contributed by atoms with E-state index in [4.69, 9.17) is 5.11 Å². The van der Waals surface area contributed by atoms with Crippen LogP contribution in [0.1, 0.15) is 29.8 Å². The zero-order valence-corrected chi connectivity index (χ0v) is 10.1. The van der Waals surface area contributed by atoms with Gasteiger partial charge in [-0.3, -0.25) is 0 Å². The van der Waals surface area contributed by atoms with Crippen LogP contribution in [-0.2, 0) is 4.74 Å². The Morgan fingerprint density at radius 2 is 1.67 bits per heavy atom. The molecular weight excluding hydrogens is 192 g/mol. The van der Waals surface area contributed by atoms with Crippen molar-refractivity contribution in [1.29, 1.82) is 0 Å². The number of carbonyl (C=O) groups is 1. The van der Waals surface area contributed by atoms with Gasteiger partial charge in [0.2, 0.25) is 0 Å². The maximum atomic E-state index is 11.0. The summed E-state index contributed by atoms with van der Waals surface area (Å²) in [5, 5.41) is 7.00. The third kappa shape index (κ3) is 5.86. The number of carbonyl (C=O) groups excluding carboxylic acids is 1. The van der Waals surface area contributed by atoms with Gasteiger partial charge in [-0.1, -0.05) is 32.0 Å². The molecular formula is C12H20O3. The highest BCUT2D eigenvalue weighted by atomic mass is 16.5. The molecule has 0 atom stereocenters. The Bertz CT molecular complexity index is 269. The fraction of sp³-hybridized carbons (Fsp3) is 0.417. The summed E-state index contributed by atoms with van der Waals surface area (Å²) in [5.41, 5.74) is 1.58. The van der Waals surface area contributed by atoms with Crippen LogP contribution in [0.3, 0.4) is 0 Å². The standard InChI is InChI=1S/C9H10O2.C2H6.CH4O/c1-7-5-3-4-6-8(7)9(10)11-2;2*1-2/h3-6H,1-2H3;1-2H3;2H,1H3. The van der Waals surface area contributed by atoms with Gasteiger partial charge in [0.05, 0.1) is 12.7 Å². The Labute approximate surface area is 91.7 Å². The molecule has 1 rings (SSSR count). The lowest BCUT2D eigenvalue weighted by molar-refractivity contribution is 0.0600. The van der Waals surface area contributed by atoms with E-state index in [1.807, 2.05) is 39.0 Å². The third-order valence-electron chi connectivity index (χ3n) is 1.55. The number of aliphatic hydroxyl groups is 1. The van der Waals surface area contributed by atoms with E-state index in [0.29, 0.717) is 5.56 Å². The first-order chi connectivity index (χ1) is 7.25. The van der Waals surface area contributed by atoms with E-state index < -0.39 is 0 Å². The van der Waals surface area contributed by atoms with Crippen LogP contribution in [0.25, 0.3) is 0 Å². The van der Waals surface area contributed by atoms with Crippen LogP contribution < -0.4 is 0 Å². The highest BCUT2D eigenvalue weighted by Gasteiger charge is 2.05. The molecule has 0 aliphatic carbocycles. The minimum Gasteiger partial charge on any atom is -0.465 e. The van der Waals surface area contributed by atoms with E-state index in [-0.39, 0.29) is 5.97 Å². The van der Waals surface area contributed by atoms with Crippen molar-refractivity contribution in [3.8, 4) is 0 Å². The summed E-state index contributed by atoms with van der Waals surface area (Å²) in [4.78, 5) is 11.0. The largest absolute Gasteiger partial charge is 0.465 e. The predicted octanol–water partition coefficient (Wildman–Crippen LogP) is 2.42. The van der Waals surface area contributed by atoms with Gasteiger partial charge in [0.15, 0.2) is 0 Å². The summed E-state index contributed by atoms with van der Waals surface area (Å²) in [6, 6.07) is 7.34. The fourth-order valence-corrected chi connectivity index (χ4v) is 0.912. The minimum atomic E-state index is -0.275. The average molecular weight is 212 g/mol. The molecule has 0 fully saturated rings. The number of benzene rings is 1. The quantitative estimate of drug-likeness (QED) is 0.727. The maximum absolute atomic E-state index is 11.0. The lowest BCUT2D eigenvalue weighted by Gasteiger charge is -2.00. The molecule has 0 unspecified atom stereocenters. The lowest BCUT2D eigenvalue weighted by Crippen LogP contribution is -2.02. The summed E-state index contributed by atoms with van der Waals surface area (Å²) >= 11 is 0. The number of esters is 1. The summed E-state index contributed by atoms with van der Waals surface area (Å²) in [5.74, 6) is -0.275. The predicted molar refractivity (Wildman–Crippen MR) is 62.0 cm³/mol. The van der Waals surface area contributed by atoms with Crippen molar-refractivity contribution in [2.45, 2.75) is 20.8 Å². The van der Waals surface area contributed by atoms with Crippen molar-refractivity contribution < 1.29 is 14.6 Å². The average Bonchev–Trinajstić information content (AvgIpc) is 2.34. The molecule has 1 aromatic carbocycles. The summed E-state index contributed by atoms with van der Waals surface area (Å²) < 4.78 is 4.58. The van der Waals surface area contributed by atoms with Crippen molar-refractivity contribution in [2.75, 3.05) is 14.2 Å². The zero-order valence-electron chi connectivity index (χ0n) is 10.1. The second-order valence-corrected chi connectivity index (χ2v) is 2.31. The zero-order chi connectivity index (χ0) is 12.3. The highest BCUT2D eigenvalue weighted by molar-refractivity contribution is 5.90. The fourth-order valence-electron chi connectivity index (χ4n) is 0.912. The molecule has 1 aromatic rings. The van der Waals surface area contributed by atoms with Gasteiger partial charge >= 0.3 is 5.97 Å². The first-order valence-corrected chi connectivity index (χ1v) is 4.84. The van der Waals surface area contributed by atoms with E-state index in [0.717, 1.165) is 12.7 Å². The molecule has 0 heterocycles. The van der Waals surface area contributed by atoms with Gasteiger partial charge in [0.25, 0.3) is 0 Å². The van der Waals surface area contributed by atoms with Crippen LogP contribution in [0.4, 0.5) is 0 Å². The molecule has 0 aromatic heterocycles. The SMILES string of the molecule is CC.CO.COC(=O)c1ccccc1C. The number of rotatable bonds is 1. The molecule has 86 valence electrons. The Balaban J connectivity index is 0. The second-order valence-electron chi connectivity index (χ2n) is 2.31. The summed E-state index contributed by atoms with van der Waals surface area (Å²) in [6.45, 7) is 5.88. The van der Waals surface area contributed by atoms with Gasteiger partial charge in [-0.25, -0.2) is 4.79 Å². The number of hydrogen-bond donors (Lipinski definition) is 1. The van der Waals surface area contributed by atoms with Crippen LogP contribution in [0.5, 0.6) is 0 Å². The lowest BCUT2D eigenvalue weighted by atomic mass is 10.1. The second kappa shape index (κ2) is 10.7. The van der Waals surface area contributed by atoms with Crippen molar-refractivity contribution in [3.63, 3.8) is 0 Å². The van der Waals surface area contributed by atoms with E-state index in [1.165, 1.54) is 7.11 Å². The van der Waals surface area contributed by atoms with Crippen LogP contribution >= 0.6 is 0 Å². The highest BCUT2D eigenvalue weighted by Crippen LogP contribution is 2.07. The summed E-state index contributed by atoms with van der Waals surface area (Å²) in [6.07, 6.45) is 0. The molecule has 0 spiro atoms. The summed E-state index contributed by atoms with van der Waals surface area (Å²) in [7, 11) is 2.38. The molecule has 0 amide bonds. The third-order valence-corrected chi connectivity index (χ3v) is 1.55. The first kappa shape index (κ1) is 16.1. The van der Waals surface area contributed by atoms with E-state index in [1.54, 1.807) is 6.07 Å². The number of hydrogen-bond acceptors (Lipinski definition) is 3. The van der Waals surface area contributed by atoms with Gasteiger partial charge in [0.1, 0.15) is 0 Å². The van der Waals surface area contributed by atoms with Gasteiger partial charge in [-0.05, 0) is 18.6 Å². The monoisotopic (exact) mass is 212 g/mol. The number of aryl methyl sites for hydroxylation is 1. The van der Waals surface area contributed by atoms with Crippen molar-refractivity contribution >= 4 is 5.97 Å². The molecule has 0 saturated heterocycles. The first-order valence-electron chi connectivity index (χ1n) is 4.84. The minimum absolute atomic E-state index is 0.275. The van der Waals surface area contributed by atoms with Crippen LogP contribution in [0, 0.1) is 6.92 Å². The Kier molecular flexibility index (Phi) is 11.5. The van der Waals surface area contributed by atoms with Crippen molar-refractivity contribution in [2.24, 2.45) is 0 Å². The maximum Gasteiger partial charge on any atom is 0.338 e. The van der Waals surface area contributed by atoms with Crippen LogP contribution in [0.15, 0.2) is 24.3 Å².